The quantitative estimate of drug-likeness (QED) is 0.275. The summed E-state index contributed by atoms with van der Waals surface area (Å²) in [6.45, 7) is 5.91. The first-order chi connectivity index (χ1) is 18.3. The van der Waals surface area contributed by atoms with Crippen LogP contribution in [-0.4, -0.2) is 75.8 Å². The molecule has 10 nitrogen and oxygen atoms in total. The van der Waals surface area contributed by atoms with E-state index in [1.807, 2.05) is 0 Å². The van der Waals surface area contributed by atoms with Gasteiger partial charge < -0.3 is 19.9 Å². The lowest BCUT2D eigenvalue weighted by atomic mass is 10.2. The fourth-order valence-corrected chi connectivity index (χ4v) is 4.68. The molecule has 1 fully saturated rings. The number of carbonyl (C=O) groups is 2. The number of anilines is 1. The van der Waals surface area contributed by atoms with Crippen LogP contribution in [0, 0.1) is 11.8 Å². The van der Waals surface area contributed by atoms with Crippen molar-refractivity contribution in [3.63, 3.8) is 0 Å². The smallest absolute Gasteiger partial charge is 0.322 e. The third kappa shape index (κ3) is 9.15. The maximum Gasteiger partial charge on any atom is 0.322 e. The summed E-state index contributed by atoms with van der Waals surface area (Å²) in [7, 11) is -4.13. The van der Waals surface area contributed by atoms with E-state index < -0.39 is 22.0 Å². The molecule has 1 unspecified atom stereocenters. The van der Waals surface area contributed by atoms with Crippen molar-refractivity contribution in [3.05, 3.63) is 54.1 Å². The molecule has 0 bridgehead atoms. The van der Waals surface area contributed by atoms with Gasteiger partial charge in [0.15, 0.2) is 0 Å². The van der Waals surface area contributed by atoms with E-state index in [0.29, 0.717) is 43.4 Å². The number of sulfonamides is 1. The monoisotopic (exact) mass is 543 g/mol. The van der Waals surface area contributed by atoms with E-state index in [0.717, 1.165) is 25.9 Å². The fraction of sp³-hybridized carbons (Fsp3) is 0.407. The van der Waals surface area contributed by atoms with E-state index in [1.54, 1.807) is 24.3 Å². The largest absolute Gasteiger partial charge is 0.494 e. The Labute approximate surface area is 223 Å². The topological polar surface area (TPSA) is 134 Å². The fourth-order valence-electron chi connectivity index (χ4n) is 3.49. The Bertz CT molecular complexity index is 1230. The van der Waals surface area contributed by atoms with Crippen LogP contribution in [0.5, 0.6) is 5.75 Å². The summed E-state index contributed by atoms with van der Waals surface area (Å²) in [5, 5.41) is 12.2. The zero-order chi connectivity index (χ0) is 27.4. The highest BCUT2D eigenvalue weighted by Crippen LogP contribution is 2.17. The molecule has 1 heterocycles. The minimum Gasteiger partial charge on any atom is -0.494 e. The summed E-state index contributed by atoms with van der Waals surface area (Å²) < 4.78 is 38.6. The van der Waals surface area contributed by atoms with Crippen LogP contribution in [0.1, 0.15) is 36.5 Å². The van der Waals surface area contributed by atoms with Crippen LogP contribution in [0.4, 0.5) is 5.69 Å². The highest BCUT2D eigenvalue weighted by molar-refractivity contribution is 7.89. The minimum atomic E-state index is -4.13. The molecule has 0 aromatic heterocycles. The Balaban J connectivity index is 1.55. The molecule has 38 heavy (non-hydrogen) atoms. The van der Waals surface area contributed by atoms with Crippen LogP contribution in [0.3, 0.4) is 0 Å². The standard InChI is InChI=1S/C27H33N3O7S/c1-2-3-18-37-23-11-7-21(8-12-23)26(31)28-22-9-13-24(14-10-22)38(34,35)29-25(27(32)33)6-4-5-15-30-16-19-36-20-17-30/h7-14,25,29H,2-3,6,15-20H2,1H3,(H,28,31)(H,32,33). The molecule has 1 saturated heterocycles. The molecule has 1 amide bonds. The number of nitrogens with zero attached hydrogens (tertiary/aromatic N) is 1. The highest BCUT2D eigenvalue weighted by atomic mass is 32.2. The van der Waals surface area contributed by atoms with Crippen molar-refractivity contribution in [3.8, 4) is 17.6 Å². The summed E-state index contributed by atoms with van der Waals surface area (Å²) in [5.74, 6) is 4.65. The first kappa shape index (κ1) is 29.1. The third-order valence-corrected chi connectivity index (χ3v) is 7.23. The van der Waals surface area contributed by atoms with Crippen LogP contribution in [0.25, 0.3) is 0 Å². The van der Waals surface area contributed by atoms with Crippen LogP contribution in [0.15, 0.2) is 53.4 Å². The van der Waals surface area contributed by atoms with E-state index in [1.165, 1.54) is 24.3 Å². The average molecular weight is 544 g/mol. The zero-order valence-electron chi connectivity index (χ0n) is 21.3. The molecule has 2 aromatic carbocycles. The number of nitrogens with one attached hydrogen (secondary N) is 2. The number of carboxylic acid groups (broad SMARTS) is 1. The van der Waals surface area contributed by atoms with Crippen molar-refractivity contribution >= 4 is 27.6 Å². The van der Waals surface area contributed by atoms with Crippen molar-refractivity contribution < 1.29 is 32.6 Å². The number of benzene rings is 2. The molecule has 2 aromatic rings. The molecule has 0 spiro atoms. The van der Waals surface area contributed by atoms with Gasteiger partial charge in [-0.25, -0.2) is 8.42 Å². The molecule has 3 N–H and O–H groups in total. The highest BCUT2D eigenvalue weighted by Gasteiger charge is 2.25. The van der Waals surface area contributed by atoms with Crippen LogP contribution >= 0.6 is 0 Å². The Morgan fingerprint density at radius 2 is 1.76 bits per heavy atom. The number of aliphatic carboxylic acids is 1. The molecule has 0 aliphatic carbocycles. The van der Waals surface area contributed by atoms with Crippen LogP contribution < -0.4 is 14.8 Å². The van der Waals surface area contributed by atoms with Crippen molar-refractivity contribution in [1.82, 2.24) is 9.62 Å². The lowest BCUT2D eigenvalue weighted by Crippen LogP contribution is -2.40. The van der Waals surface area contributed by atoms with Gasteiger partial charge in [0.1, 0.15) is 11.8 Å². The number of hydrogen-bond acceptors (Lipinski definition) is 7. The molecule has 11 heteroatoms. The predicted octanol–water partition coefficient (Wildman–Crippen LogP) is 2.58. The molecular weight excluding hydrogens is 510 g/mol. The summed E-state index contributed by atoms with van der Waals surface area (Å²) in [6.07, 6.45) is 1.81. The Morgan fingerprint density at radius 3 is 2.39 bits per heavy atom. The lowest BCUT2D eigenvalue weighted by Gasteiger charge is -2.24. The normalized spacial score (nSPS) is 14.7. The first-order valence-electron chi connectivity index (χ1n) is 12.4. The zero-order valence-corrected chi connectivity index (χ0v) is 22.1. The van der Waals surface area contributed by atoms with Gasteiger partial charge in [0, 0.05) is 30.8 Å². The Kier molecular flexibility index (Phi) is 11.1. The Morgan fingerprint density at radius 1 is 1.08 bits per heavy atom. The summed E-state index contributed by atoms with van der Waals surface area (Å²) >= 11 is 0. The minimum absolute atomic E-state index is 0.128. The average Bonchev–Trinajstić information content (AvgIpc) is 2.91. The van der Waals surface area contributed by atoms with Gasteiger partial charge in [0.05, 0.1) is 31.3 Å². The van der Waals surface area contributed by atoms with Crippen molar-refractivity contribution in [2.45, 2.75) is 37.1 Å². The molecule has 1 atom stereocenters. The van der Waals surface area contributed by atoms with E-state index in [2.05, 4.69) is 33.7 Å². The van der Waals surface area contributed by atoms with Crippen molar-refractivity contribution in [2.24, 2.45) is 0 Å². The molecule has 204 valence electrons. The summed E-state index contributed by atoms with van der Waals surface area (Å²) in [6, 6.07) is 10.8. The molecule has 1 aliphatic rings. The van der Waals surface area contributed by atoms with E-state index in [-0.39, 0.29) is 17.2 Å². The second-order valence-corrected chi connectivity index (χ2v) is 10.4. The number of carboxylic acids is 1. The van der Waals surface area contributed by atoms with Gasteiger partial charge >= 0.3 is 5.97 Å². The second-order valence-electron chi connectivity index (χ2n) is 8.66. The summed E-state index contributed by atoms with van der Waals surface area (Å²) in [5.41, 5.74) is 0.811. The maximum atomic E-state index is 12.8. The number of ether oxygens (including phenoxy) is 2. The lowest BCUT2D eigenvalue weighted by molar-refractivity contribution is -0.138. The molecule has 0 saturated carbocycles. The van der Waals surface area contributed by atoms with Crippen molar-refractivity contribution in [2.75, 3.05) is 44.8 Å². The van der Waals surface area contributed by atoms with Crippen molar-refractivity contribution in [1.29, 1.82) is 0 Å². The number of morpholine rings is 1. The first-order valence-corrected chi connectivity index (χ1v) is 13.9. The summed E-state index contributed by atoms with van der Waals surface area (Å²) in [4.78, 5) is 26.1. The number of amides is 1. The van der Waals surface area contributed by atoms with Gasteiger partial charge in [-0.2, -0.15) is 4.72 Å². The predicted molar refractivity (Wildman–Crippen MR) is 143 cm³/mol. The SMILES string of the molecule is CCCCOc1ccc(C(=O)Nc2ccc(S(=O)(=O)NC(CC#CCN3CCOCC3)C(=O)O)cc2)cc1. The maximum absolute atomic E-state index is 12.8. The Hall–Kier alpha value is -3.43. The van der Waals surface area contributed by atoms with E-state index in [9.17, 15) is 23.1 Å². The van der Waals surface area contributed by atoms with Gasteiger partial charge in [-0.1, -0.05) is 25.2 Å². The van der Waals surface area contributed by atoms with Gasteiger partial charge in [0.25, 0.3) is 5.91 Å². The second kappa shape index (κ2) is 14.5. The van der Waals surface area contributed by atoms with Gasteiger partial charge in [-0.15, -0.1) is 0 Å². The van der Waals surface area contributed by atoms with Crippen LogP contribution in [0.2, 0.25) is 0 Å². The number of hydrogen-bond donors (Lipinski definition) is 3. The number of rotatable bonds is 12. The number of carbonyl (C=O) groups excluding carboxylic acids is 1. The molecule has 3 rings (SSSR count). The van der Waals surface area contributed by atoms with Gasteiger partial charge in [-0.3, -0.25) is 14.5 Å². The third-order valence-electron chi connectivity index (χ3n) is 5.74. The van der Waals surface area contributed by atoms with Crippen LogP contribution in [-0.2, 0) is 19.6 Å². The van der Waals surface area contributed by atoms with Gasteiger partial charge in [0.2, 0.25) is 10.0 Å². The molecule has 0 radical (unpaired) electrons. The molecule has 1 aliphatic heterocycles. The number of unbranched alkanes of at least 4 members (excludes halogenated alkanes) is 1. The molecular formula is C27H33N3O7S. The van der Waals surface area contributed by atoms with E-state index >= 15 is 0 Å². The van der Waals surface area contributed by atoms with Gasteiger partial charge in [-0.05, 0) is 55.0 Å². The van der Waals surface area contributed by atoms with E-state index in [4.69, 9.17) is 9.47 Å².